The standard InChI is InChI=1S/C18H22ClN/c1-4-12-20-18(15-10-8-13(2)9-11-15)16-6-5-7-17(19)14(16)3/h5-11,18,20H,4,12H2,1-3H3. The Hall–Kier alpha value is -1.31. The van der Waals surface area contributed by atoms with Crippen LogP contribution in [0.5, 0.6) is 0 Å². The first-order chi connectivity index (χ1) is 9.63. The molecule has 0 spiro atoms. The van der Waals surface area contributed by atoms with Crippen LogP contribution in [0.15, 0.2) is 42.5 Å². The minimum Gasteiger partial charge on any atom is -0.306 e. The molecule has 2 aromatic rings. The van der Waals surface area contributed by atoms with E-state index in [4.69, 9.17) is 11.6 Å². The van der Waals surface area contributed by atoms with Gasteiger partial charge in [0.15, 0.2) is 0 Å². The highest BCUT2D eigenvalue weighted by Crippen LogP contribution is 2.29. The average molecular weight is 288 g/mol. The number of halogens is 1. The van der Waals surface area contributed by atoms with Gasteiger partial charge >= 0.3 is 0 Å². The Morgan fingerprint density at radius 3 is 2.40 bits per heavy atom. The molecule has 2 heteroatoms. The quantitative estimate of drug-likeness (QED) is 0.812. The predicted octanol–water partition coefficient (Wildman–Crippen LogP) is 5.05. The van der Waals surface area contributed by atoms with Gasteiger partial charge in [-0.1, -0.05) is 60.5 Å². The summed E-state index contributed by atoms with van der Waals surface area (Å²) in [4.78, 5) is 0. The molecule has 0 aliphatic carbocycles. The number of hydrogen-bond donors (Lipinski definition) is 1. The predicted molar refractivity (Wildman–Crippen MR) is 87.5 cm³/mol. The Morgan fingerprint density at radius 1 is 1.05 bits per heavy atom. The Bertz CT molecular complexity index is 560. The van der Waals surface area contributed by atoms with Crippen molar-refractivity contribution in [3.63, 3.8) is 0 Å². The van der Waals surface area contributed by atoms with Gasteiger partial charge in [0.25, 0.3) is 0 Å². The first kappa shape index (κ1) is 15.1. The molecule has 1 atom stereocenters. The summed E-state index contributed by atoms with van der Waals surface area (Å²) in [5.41, 5.74) is 4.98. The van der Waals surface area contributed by atoms with Crippen molar-refractivity contribution in [2.75, 3.05) is 6.54 Å². The van der Waals surface area contributed by atoms with Crippen molar-refractivity contribution in [2.24, 2.45) is 0 Å². The number of rotatable bonds is 5. The van der Waals surface area contributed by atoms with E-state index in [1.807, 2.05) is 12.1 Å². The minimum atomic E-state index is 0.203. The van der Waals surface area contributed by atoms with Crippen LogP contribution in [0.25, 0.3) is 0 Å². The Morgan fingerprint density at radius 2 is 1.75 bits per heavy atom. The normalized spacial score (nSPS) is 12.4. The lowest BCUT2D eigenvalue weighted by molar-refractivity contribution is 0.596. The lowest BCUT2D eigenvalue weighted by Gasteiger charge is -2.22. The van der Waals surface area contributed by atoms with Gasteiger partial charge in [-0.3, -0.25) is 0 Å². The maximum Gasteiger partial charge on any atom is 0.0579 e. The summed E-state index contributed by atoms with van der Waals surface area (Å²) >= 11 is 6.28. The van der Waals surface area contributed by atoms with Crippen LogP contribution in [0.1, 0.15) is 41.6 Å². The number of hydrogen-bond acceptors (Lipinski definition) is 1. The van der Waals surface area contributed by atoms with Gasteiger partial charge in [-0.2, -0.15) is 0 Å². The van der Waals surface area contributed by atoms with Crippen LogP contribution in [-0.2, 0) is 0 Å². The smallest absolute Gasteiger partial charge is 0.0579 e. The summed E-state index contributed by atoms with van der Waals surface area (Å²) in [5.74, 6) is 0. The summed E-state index contributed by atoms with van der Waals surface area (Å²) in [6.07, 6.45) is 1.11. The van der Waals surface area contributed by atoms with Crippen LogP contribution in [0.3, 0.4) is 0 Å². The van der Waals surface area contributed by atoms with Crippen molar-refractivity contribution >= 4 is 11.6 Å². The summed E-state index contributed by atoms with van der Waals surface area (Å²) in [5, 5.41) is 4.46. The second-order valence-electron chi connectivity index (χ2n) is 5.25. The van der Waals surface area contributed by atoms with Crippen molar-refractivity contribution in [1.82, 2.24) is 5.32 Å². The number of benzene rings is 2. The molecular formula is C18H22ClN. The highest BCUT2D eigenvalue weighted by Gasteiger charge is 2.16. The molecule has 0 radical (unpaired) electrons. The van der Waals surface area contributed by atoms with Crippen molar-refractivity contribution in [1.29, 1.82) is 0 Å². The van der Waals surface area contributed by atoms with Gasteiger partial charge in [0, 0.05) is 5.02 Å². The van der Waals surface area contributed by atoms with E-state index in [2.05, 4.69) is 56.4 Å². The maximum atomic E-state index is 6.28. The second-order valence-corrected chi connectivity index (χ2v) is 5.66. The third kappa shape index (κ3) is 3.41. The summed E-state index contributed by atoms with van der Waals surface area (Å²) in [6.45, 7) is 7.38. The monoisotopic (exact) mass is 287 g/mol. The molecule has 0 fully saturated rings. The van der Waals surface area contributed by atoms with Gasteiger partial charge in [-0.05, 0) is 49.6 Å². The van der Waals surface area contributed by atoms with Crippen LogP contribution in [0.2, 0.25) is 5.02 Å². The molecule has 2 rings (SSSR count). The van der Waals surface area contributed by atoms with Gasteiger partial charge < -0.3 is 5.32 Å². The topological polar surface area (TPSA) is 12.0 Å². The van der Waals surface area contributed by atoms with E-state index in [1.165, 1.54) is 16.7 Å². The molecule has 0 aromatic heterocycles. The van der Waals surface area contributed by atoms with E-state index in [9.17, 15) is 0 Å². The molecule has 106 valence electrons. The summed E-state index contributed by atoms with van der Waals surface area (Å²) in [6, 6.07) is 15.1. The third-order valence-corrected chi connectivity index (χ3v) is 4.04. The van der Waals surface area contributed by atoms with Crippen LogP contribution in [0.4, 0.5) is 0 Å². The minimum absolute atomic E-state index is 0.203. The van der Waals surface area contributed by atoms with E-state index in [0.29, 0.717) is 0 Å². The Labute approximate surface area is 127 Å². The molecule has 2 aromatic carbocycles. The van der Waals surface area contributed by atoms with Crippen LogP contribution in [0, 0.1) is 13.8 Å². The Kier molecular flexibility index (Phi) is 5.22. The van der Waals surface area contributed by atoms with E-state index in [1.54, 1.807) is 0 Å². The fraction of sp³-hybridized carbons (Fsp3) is 0.333. The van der Waals surface area contributed by atoms with Crippen molar-refractivity contribution in [3.8, 4) is 0 Å². The summed E-state index contributed by atoms with van der Waals surface area (Å²) < 4.78 is 0. The first-order valence-electron chi connectivity index (χ1n) is 7.18. The number of aryl methyl sites for hydroxylation is 1. The second kappa shape index (κ2) is 6.92. The van der Waals surface area contributed by atoms with E-state index in [-0.39, 0.29) is 6.04 Å². The fourth-order valence-electron chi connectivity index (χ4n) is 2.39. The lowest BCUT2D eigenvalue weighted by atomic mass is 9.94. The van der Waals surface area contributed by atoms with Gasteiger partial charge in [-0.15, -0.1) is 0 Å². The largest absolute Gasteiger partial charge is 0.306 e. The van der Waals surface area contributed by atoms with Gasteiger partial charge in [0.2, 0.25) is 0 Å². The van der Waals surface area contributed by atoms with Crippen molar-refractivity contribution in [3.05, 3.63) is 69.7 Å². The van der Waals surface area contributed by atoms with Crippen molar-refractivity contribution in [2.45, 2.75) is 33.2 Å². The molecule has 0 amide bonds. The maximum absolute atomic E-state index is 6.28. The molecule has 0 saturated heterocycles. The molecule has 0 aliphatic rings. The fourth-order valence-corrected chi connectivity index (χ4v) is 2.57. The van der Waals surface area contributed by atoms with Crippen LogP contribution in [-0.4, -0.2) is 6.54 Å². The third-order valence-electron chi connectivity index (χ3n) is 3.63. The number of nitrogens with one attached hydrogen (secondary N) is 1. The van der Waals surface area contributed by atoms with Gasteiger partial charge in [0.1, 0.15) is 0 Å². The Balaban J connectivity index is 2.41. The summed E-state index contributed by atoms with van der Waals surface area (Å²) in [7, 11) is 0. The molecule has 0 bridgehead atoms. The van der Waals surface area contributed by atoms with Crippen molar-refractivity contribution < 1.29 is 0 Å². The zero-order valence-corrected chi connectivity index (χ0v) is 13.2. The molecule has 20 heavy (non-hydrogen) atoms. The molecule has 1 nitrogen and oxygen atoms in total. The van der Waals surface area contributed by atoms with E-state index < -0.39 is 0 Å². The van der Waals surface area contributed by atoms with Crippen LogP contribution < -0.4 is 5.32 Å². The molecule has 0 saturated carbocycles. The van der Waals surface area contributed by atoms with Gasteiger partial charge in [0.05, 0.1) is 6.04 Å². The highest BCUT2D eigenvalue weighted by molar-refractivity contribution is 6.31. The molecule has 0 heterocycles. The van der Waals surface area contributed by atoms with Gasteiger partial charge in [-0.25, -0.2) is 0 Å². The first-order valence-corrected chi connectivity index (χ1v) is 7.56. The lowest BCUT2D eigenvalue weighted by Crippen LogP contribution is -2.24. The zero-order chi connectivity index (χ0) is 14.5. The molecule has 1 N–H and O–H groups in total. The van der Waals surface area contributed by atoms with Crippen LogP contribution >= 0.6 is 11.6 Å². The average Bonchev–Trinajstić information content (AvgIpc) is 2.45. The molecule has 1 unspecified atom stereocenters. The molecule has 0 aliphatic heterocycles. The van der Waals surface area contributed by atoms with E-state index in [0.717, 1.165) is 23.6 Å². The molecular weight excluding hydrogens is 266 g/mol. The SMILES string of the molecule is CCCNC(c1ccc(C)cc1)c1cccc(Cl)c1C. The van der Waals surface area contributed by atoms with E-state index >= 15 is 0 Å². The highest BCUT2D eigenvalue weighted by atomic mass is 35.5. The zero-order valence-electron chi connectivity index (χ0n) is 12.4.